The third kappa shape index (κ3) is 3.45. The second-order valence-electron chi connectivity index (χ2n) is 4.54. The lowest BCUT2D eigenvalue weighted by Crippen LogP contribution is -2.51. The molecule has 0 saturated carbocycles. The molecular formula is C11H16N2O6S. The van der Waals surface area contributed by atoms with Crippen molar-refractivity contribution in [3.63, 3.8) is 0 Å². The molecule has 0 unspecified atom stereocenters. The minimum atomic E-state index is -4.24. The number of anilines is 1. The van der Waals surface area contributed by atoms with E-state index >= 15 is 0 Å². The van der Waals surface area contributed by atoms with Gasteiger partial charge in [0, 0.05) is 5.69 Å². The number of benzene rings is 1. The number of carboxylic acids is 1. The van der Waals surface area contributed by atoms with Crippen molar-refractivity contribution in [2.75, 3.05) is 18.9 Å². The number of aliphatic hydroxyl groups is 2. The van der Waals surface area contributed by atoms with Crippen LogP contribution in [0.2, 0.25) is 0 Å². The number of hydrogen-bond donors (Lipinski definition) is 5. The average Bonchev–Trinajstić information content (AvgIpc) is 2.37. The third-order valence-electron chi connectivity index (χ3n) is 2.60. The zero-order valence-corrected chi connectivity index (χ0v) is 11.5. The van der Waals surface area contributed by atoms with Crippen LogP contribution in [-0.4, -0.2) is 48.5 Å². The first-order chi connectivity index (χ1) is 9.15. The maximum atomic E-state index is 12.2. The number of aliphatic hydroxyl groups excluding tert-OH is 2. The topological polar surface area (TPSA) is 150 Å². The van der Waals surface area contributed by atoms with Crippen LogP contribution in [0.25, 0.3) is 0 Å². The molecule has 20 heavy (non-hydrogen) atoms. The van der Waals surface area contributed by atoms with Gasteiger partial charge in [-0.1, -0.05) is 0 Å². The summed E-state index contributed by atoms with van der Waals surface area (Å²) in [5.74, 6) is -1.45. The van der Waals surface area contributed by atoms with Gasteiger partial charge in [0.1, 0.15) is 0 Å². The minimum Gasteiger partial charge on any atom is -0.478 e. The number of hydrogen-bond acceptors (Lipinski definition) is 6. The smallest absolute Gasteiger partial charge is 0.337 e. The summed E-state index contributed by atoms with van der Waals surface area (Å²) in [5.41, 5.74) is 3.54. The summed E-state index contributed by atoms with van der Waals surface area (Å²) in [4.78, 5) is 10.6. The Hall–Kier alpha value is -1.68. The number of nitrogen functional groups attached to an aromatic ring is 1. The standard InChI is InChI=1S/C11H16N2O6S/c1-11(5-14,6-15)13-20(18,19)9-3-2-7(12)4-8(9)10(16)17/h2-4,13-15H,5-6,12H2,1H3,(H,16,17). The van der Waals surface area contributed by atoms with Crippen LogP contribution in [0.1, 0.15) is 17.3 Å². The van der Waals surface area contributed by atoms with Crippen molar-refractivity contribution in [2.45, 2.75) is 17.4 Å². The molecule has 1 aromatic carbocycles. The molecule has 0 aliphatic heterocycles. The highest BCUT2D eigenvalue weighted by molar-refractivity contribution is 7.89. The largest absolute Gasteiger partial charge is 0.478 e. The van der Waals surface area contributed by atoms with Gasteiger partial charge in [0.25, 0.3) is 0 Å². The van der Waals surface area contributed by atoms with Gasteiger partial charge in [0.15, 0.2) is 0 Å². The molecule has 112 valence electrons. The molecule has 0 bridgehead atoms. The molecule has 1 aromatic rings. The predicted molar refractivity (Wildman–Crippen MR) is 70.7 cm³/mol. The molecule has 0 atom stereocenters. The zero-order chi connectivity index (χ0) is 15.6. The molecule has 0 heterocycles. The number of nitrogens with two attached hydrogens (primary N) is 1. The van der Waals surface area contributed by atoms with Crippen LogP contribution < -0.4 is 10.5 Å². The normalized spacial score (nSPS) is 12.3. The van der Waals surface area contributed by atoms with E-state index in [4.69, 9.17) is 21.1 Å². The highest BCUT2D eigenvalue weighted by Gasteiger charge is 2.32. The van der Waals surface area contributed by atoms with E-state index in [1.165, 1.54) is 13.0 Å². The van der Waals surface area contributed by atoms with Gasteiger partial charge in [-0.05, 0) is 25.1 Å². The van der Waals surface area contributed by atoms with Crippen molar-refractivity contribution in [2.24, 2.45) is 0 Å². The van der Waals surface area contributed by atoms with Crippen molar-refractivity contribution in [1.82, 2.24) is 4.72 Å². The number of rotatable bonds is 6. The van der Waals surface area contributed by atoms with Gasteiger partial charge >= 0.3 is 5.97 Å². The summed E-state index contributed by atoms with van der Waals surface area (Å²) in [6.45, 7) is -0.0253. The van der Waals surface area contributed by atoms with Gasteiger partial charge in [0.05, 0.1) is 29.2 Å². The molecule has 9 heteroatoms. The second kappa shape index (κ2) is 5.75. The van der Waals surface area contributed by atoms with E-state index in [0.717, 1.165) is 12.1 Å². The maximum absolute atomic E-state index is 12.2. The molecule has 0 saturated heterocycles. The van der Waals surface area contributed by atoms with Gasteiger partial charge in [-0.2, -0.15) is 0 Å². The zero-order valence-electron chi connectivity index (χ0n) is 10.7. The maximum Gasteiger partial charge on any atom is 0.337 e. The monoisotopic (exact) mass is 304 g/mol. The van der Waals surface area contributed by atoms with E-state index in [0.29, 0.717) is 0 Å². The summed E-state index contributed by atoms with van der Waals surface area (Å²) in [7, 11) is -4.24. The highest BCUT2D eigenvalue weighted by Crippen LogP contribution is 2.20. The van der Waals surface area contributed by atoms with Gasteiger partial charge < -0.3 is 21.1 Å². The molecule has 1 rings (SSSR count). The lowest BCUT2D eigenvalue weighted by atomic mass is 10.1. The fourth-order valence-electron chi connectivity index (χ4n) is 1.44. The summed E-state index contributed by atoms with van der Waals surface area (Å²) >= 11 is 0. The first-order valence-corrected chi connectivity index (χ1v) is 7.02. The quantitative estimate of drug-likeness (QED) is 0.422. The van der Waals surface area contributed by atoms with Gasteiger partial charge in [-0.3, -0.25) is 0 Å². The number of carboxylic acid groups (broad SMARTS) is 1. The fraction of sp³-hybridized carbons (Fsp3) is 0.364. The third-order valence-corrected chi connectivity index (χ3v) is 4.30. The molecular weight excluding hydrogens is 288 g/mol. The number of carbonyl (C=O) groups is 1. The van der Waals surface area contributed by atoms with E-state index in [9.17, 15) is 13.2 Å². The Kier molecular flexibility index (Phi) is 4.71. The van der Waals surface area contributed by atoms with Crippen LogP contribution >= 0.6 is 0 Å². The van der Waals surface area contributed by atoms with Gasteiger partial charge in [-0.25, -0.2) is 17.9 Å². The van der Waals surface area contributed by atoms with Crippen molar-refractivity contribution in [3.05, 3.63) is 23.8 Å². The van der Waals surface area contributed by atoms with Crippen molar-refractivity contribution < 1.29 is 28.5 Å². The molecule has 0 fully saturated rings. The van der Waals surface area contributed by atoms with Crippen LogP contribution in [0.3, 0.4) is 0 Å². The van der Waals surface area contributed by atoms with E-state index in [-0.39, 0.29) is 5.69 Å². The van der Waals surface area contributed by atoms with E-state index in [1.54, 1.807) is 0 Å². The second-order valence-corrected chi connectivity index (χ2v) is 6.19. The average molecular weight is 304 g/mol. The number of nitrogens with one attached hydrogen (secondary N) is 1. The molecule has 0 aliphatic rings. The van der Waals surface area contributed by atoms with Gasteiger partial charge in [-0.15, -0.1) is 0 Å². The fourth-order valence-corrected chi connectivity index (χ4v) is 3.01. The van der Waals surface area contributed by atoms with E-state index in [2.05, 4.69) is 4.72 Å². The molecule has 0 aliphatic carbocycles. The Balaban J connectivity index is 3.33. The molecule has 0 spiro atoms. The lowest BCUT2D eigenvalue weighted by molar-refractivity contribution is 0.0692. The number of aromatic carboxylic acids is 1. The van der Waals surface area contributed by atoms with Crippen molar-refractivity contribution >= 4 is 21.7 Å². The van der Waals surface area contributed by atoms with Crippen LogP contribution in [0.4, 0.5) is 5.69 Å². The van der Waals surface area contributed by atoms with Crippen LogP contribution in [-0.2, 0) is 10.0 Å². The lowest BCUT2D eigenvalue weighted by Gasteiger charge is -2.26. The first kappa shape index (κ1) is 16.4. The van der Waals surface area contributed by atoms with E-state index < -0.39 is 45.2 Å². The van der Waals surface area contributed by atoms with Crippen LogP contribution in [0, 0.1) is 0 Å². The Bertz CT molecular complexity index is 609. The minimum absolute atomic E-state index is 0.105. The van der Waals surface area contributed by atoms with E-state index in [1.807, 2.05) is 0 Å². The summed E-state index contributed by atoms with van der Waals surface area (Å²) in [5, 5.41) is 27.2. The number of sulfonamides is 1. The van der Waals surface area contributed by atoms with Gasteiger partial charge in [0.2, 0.25) is 10.0 Å². The van der Waals surface area contributed by atoms with Crippen molar-refractivity contribution in [3.8, 4) is 0 Å². The molecule has 8 nitrogen and oxygen atoms in total. The summed E-state index contributed by atoms with van der Waals surface area (Å²) in [6, 6.07) is 3.32. The molecule has 0 amide bonds. The Morgan fingerprint density at radius 1 is 1.35 bits per heavy atom. The SMILES string of the molecule is CC(CO)(CO)NS(=O)(=O)c1ccc(N)cc1C(=O)O. The van der Waals surface area contributed by atoms with Crippen molar-refractivity contribution in [1.29, 1.82) is 0 Å². The Morgan fingerprint density at radius 3 is 2.35 bits per heavy atom. The first-order valence-electron chi connectivity index (χ1n) is 5.54. The Labute approximate surface area is 115 Å². The summed E-state index contributed by atoms with van der Waals surface area (Å²) in [6.07, 6.45) is 0. The Morgan fingerprint density at radius 2 is 1.90 bits per heavy atom. The summed E-state index contributed by atoms with van der Waals surface area (Å²) < 4.78 is 26.4. The molecule has 0 radical (unpaired) electrons. The highest BCUT2D eigenvalue weighted by atomic mass is 32.2. The van der Waals surface area contributed by atoms with Crippen LogP contribution in [0.5, 0.6) is 0 Å². The predicted octanol–water partition coefficient (Wildman–Crippen LogP) is -1.01. The molecule has 0 aromatic heterocycles. The molecule has 6 N–H and O–H groups in total. The van der Waals surface area contributed by atoms with Crippen LogP contribution in [0.15, 0.2) is 23.1 Å².